The Hall–Kier alpha value is -0.0800. The summed E-state index contributed by atoms with van der Waals surface area (Å²) in [7, 11) is 0. The SMILES string of the molecule is CCCCN(CC(C)(C)N)C1CC1. The molecule has 0 aromatic rings. The van der Waals surface area contributed by atoms with Crippen LogP contribution >= 0.6 is 0 Å². The predicted molar refractivity (Wildman–Crippen MR) is 57.8 cm³/mol. The van der Waals surface area contributed by atoms with Crippen LogP contribution in [-0.4, -0.2) is 29.6 Å². The second-order valence-corrected chi connectivity index (χ2v) is 5.04. The first-order valence-corrected chi connectivity index (χ1v) is 5.56. The molecule has 0 heterocycles. The summed E-state index contributed by atoms with van der Waals surface area (Å²) in [5, 5.41) is 0. The molecular formula is C11H24N2. The molecule has 0 aliphatic heterocycles. The molecule has 0 unspecified atom stereocenters. The first-order valence-electron chi connectivity index (χ1n) is 5.56. The molecule has 0 atom stereocenters. The molecule has 78 valence electrons. The lowest BCUT2D eigenvalue weighted by molar-refractivity contribution is 0.213. The third kappa shape index (κ3) is 4.63. The summed E-state index contributed by atoms with van der Waals surface area (Å²) in [6, 6.07) is 0.856. The van der Waals surface area contributed by atoms with Crippen LogP contribution in [0, 0.1) is 0 Å². The fourth-order valence-corrected chi connectivity index (χ4v) is 1.72. The van der Waals surface area contributed by atoms with Crippen LogP contribution in [-0.2, 0) is 0 Å². The van der Waals surface area contributed by atoms with Crippen molar-refractivity contribution in [2.75, 3.05) is 13.1 Å². The average Bonchev–Trinajstić information content (AvgIpc) is 2.77. The van der Waals surface area contributed by atoms with Crippen LogP contribution in [0.15, 0.2) is 0 Å². The first kappa shape index (κ1) is 11.0. The van der Waals surface area contributed by atoms with Crippen LogP contribution in [0.5, 0.6) is 0 Å². The second kappa shape index (κ2) is 4.43. The second-order valence-electron chi connectivity index (χ2n) is 5.04. The highest BCUT2D eigenvalue weighted by molar-refractivity contribution is 4.88. The number of hydrogen-bond donors (Lipinski definition) is 1. The lowest BCUT2D eigenvalue weighted by Crippen LogP contribution is -2.46. The van der Waals surface area contributed by atoms with Gasteiger partial charge in [0.2, 0.25) is 0 Å². The van der Waals surface area contributed by atoms with Gasteiger partial charge in [-0.1, -0.05) is 13.3 Å². The Morgan fingerprint density at radius 3 is 2.38 bits per heavy atom. The van der Waals surface area contributed by atoms with E-state index in [-0.39, 0.29) is 5.54 Å². The Labute approximate surface area is 82.5 Å². The van der Waals surface area contributed by atoms with Crippen molar-refractivity contribution in [1.29, 1.82) is 0 Å². The topological polar surface area (TPSA) is 29.3 Å². The lowest BCUT2D eigenvalue weighted by Gasteiger charge is -2.29. The number of unbranched alkanes of at least 4 members (excludes halogenated alkanes) is 1. The Morgan fingerprint density at radius 1 is 1.38 bits per heavy atom. The van der Waals surface area contributed by atoms with Crippen molar-refractivity contribution in [2.24, 2.45) is 5.73 Å². The number of hydrogen-bond acceptors (Lipinski definition) is 2. The Balaban J connectivity index is 2.29. The Bertz CT molecular complexity index is 145. The molecule has 1 aliphatic carbocycles. The number of nitrogens with two attached hydrogens (primary N) is 1. The summed E-state index contributed by atoms with van der Waals surface area (Å²) in [5.41, 5.74) is 6.00. The predicted octanol–water partition coefficient (Wildman–Crippen LogP) is 1.99. The van der Waals surface area contributed by atoms with Crippen molar-refractivity contribution < 1.29 is 0 Å². The summed E-state index contributed by atoms with van der Waals surface area (Å²) >= 11 is 0. The quantitative estimate of drug-likeness (QED) is 0.684. The van der Waals surface area contributed by atoms with Gasteiger partial charge in [0.1, 0.15) is 0 Å². The molecule has 1 rings (SSSR count). The van der Waals surface area contributed by atoms with E-state index in [1.165, 1.54) is 32.2 Å². The Morgan fingerprint density at radius 2 is 2.00 bits per heavy atom. The largest absolute Gasteiger partial charge is 0.324 e. The van der Waals surface area contributed by atoms with Crippen LogP contribution in [0.3, 0.4) is 0 Å². The van der Waals surface area contributed by atoms with Crippen molar-refractivity contribution in [3.8, 4) is 0 Å². The van der Waals surface area contributed by atoms with Crippen molar-refractivity contribution in [3.05, 3.63) is 0 Å². The highest BCUT2D eigenvalue weighted by Gasteiger charge is 2.30. The van der Waals surface area contributed by atoms with Crippen molar-refractivity contribution in [2.45, 2.75) is 58.0 Å². The van der Waals surface area contributed by atoms with Gasteiger partial charge in [0.05, 0.1) is 0 Å². The van der Waals surface area contributed by atoms with E-state index >= 15 is 0 Å². The minimum absolute atomic E-state index is 0.0314. The molecule has 0 spiro atoms. The monoisotopic (exact) mass is 184 g/mol. The summed E-state index contributed by atoms with van der Waals surface area (Å²) in [6.45, 7) is 8.78. The summed E-state index contributed by atoms with van der Waals surface area (Å²) < 4.78 is 0. The molecule has 0 radical (unpaired) electrons. The normalized spacial score (nSPS) is 18.2. The minimum Gasteiger partial charge on any atom is -0.324 e. The van der Waals surface area contributed by atoms with Crippen molar-refractivity contribution in [1.82, 2.24) is 4.90 Å². The van der Waals surface area contributed by atoms with Crippen LogP contribution < -0.4 is 5.73 Å². The molecule has 0 amide bonds. The van der Waals surface area contributed by atoms with Gasteiger partial charge < -0.3 is 5.73 Å². The zero-order valence-corrected chi connectivity index (χ0v) is 9.34. The minimum atomic E-state index is -0.0314. The van der Waals surface area contributed by atoms with E-state index in [0.717, 1.165) is 12.6 Å². The summed E-state index contributed by atoms with van der Waals surface area (Å²) in [5.74, 6) is 0. The maximum Gasteiger partial charge on any atom is 0.0226 e. The Kier molecular flexibility index (Phi) is 3.74. The van der Waals surface area contributed by atoms with E-state index in [0.29, 0.717) is 0 Å². The van der Waals surface area contributed by atoms with Gasteiger partial charge in [-0.3, -0.25) is 4.90 Å². The standard InChI is InChI=1S/C11H24N2/c1-4-5-8-13(10-6-7-10)9-11(2,3)12/h10H,4-9,12H2,1-3H3. The third-order valence-corrected chi connectivity index (χ3v) is 2.47. The zero-order chi connectivity index (χ0) is 9.90. The summed E-state index contributed by atoms with van der Waals surface area (Å²) in [6.07, 6.45) is 5.38. The van der Waals surface area contributed by atoms with Crippen LogP contribution in [0.4, 0.5) is 0 Å². The molecule has 1 saturated carbocycles. The van der Waals surface area contributed by atoms with Gasteiger partial charge in [-0.25, -0.2) is 0 Å². The fourth-order valence-electron chi connectivity index (χ4n) is 1.72. The molecule has 0 aromatic carbocycles. The molecule has 2 heteroatoms. The van der Waals surface area contributed by atoms with Gasteiger partial charge in [0.25, 0.3) is 0 Å². The molecular weight excluding hydrogens is 160 g/mol. The summed E-state index contributed by atoms with van der Waals surface area (Å²) in [4.78, 5) is 2.57. The van der Waals surface area contributed by atoms with Crippen molar-refractivity contribution in [3.63, 3.8) is 0 Å². The van der Waals surface area contributed by atoms with Crippen molar-refractivity contribution >= 4 is 0 Å². The zero-order valence-electron chi connectivity index (χ0n) is 9.34. The molecule has 1 aliphatic rings. The maximum absolute atomic E-state index is 6.03. The molecule has 2 nitrogen and oxygen atoms in total. The van der Waals surface area contributed by atoms with Gasteiger partial charge in [0, 0.05) is 18.1 Å². The highest BCUT2D eigenvalue weighted by atomic mass is 15.2. The van der Waals surface area contributed by atoms with E-state index in [2.05, 4.69) is 25.7 Å². The molecule has 2 N–H and O–H groups in total. The fraction of sp³-hybridized carbons (Fsp3) is 1.00. The smallest absolute Gasteiger partial charge is 0.0226 e. The number of rotatable bonds is 6. The molecule has 13 heavy (non-hydrogen) atoms. The van der Waals surface area contributed by atoms with Crippen LogP contribution in [0.25, 0.3) is 0 Å². The van der Waals surface area contributed by atoms with E-state index in [1.54, 1.807) is 0 Å². The molecule has 1 fully saturated rings. The third-order valence-electron chi connectivity index (χ3n) is 2.47. The van der Waals surface area contributed by atoms with Gasteiger partial charge in [-0.15, -0.1) is 0 Å². The van der Waals surface area contributed by atoms with Crippen LogP contribution in [0.1, 0.15) is 46.5 Å². The molecule has 0 aromatic heterocycles. The average molecular weight is 184 g/mol. The van der Waals surface area contributed by atoms with E-state index in [9.17, 15) is 0 Å². The number of nitrogens with zero attached hydrogens (tertiary/aromatic N) is 1. The van der Waals surface area contributed by atoms with Gasteiger partial charge in [-0.05, 0) is 39.7 Å². The van der Waals surface area contributed by atoms with E-state index in [4.69, 9.17) is 5.73 Å². The molecule has 0 bridgehead atoms. The van der Waals surface area contributed by atoms with Gasteiger partial charge in [0.15, 0.2) is 0 Å². The van der Waals surface area contributed by atoms with Gasteiger partial charge in [-0.2, -0.15) is 0 Å². The van der Waals surface area contributed by atoms with E-state index in [1.807, 2.05) is 0 Å². The molecule has 0 saturated heterocycles. The van der Waals surface area contributed by atoms with Gasteiger partial charge >= 0.3 is 0 Å². The lowest BCUT2D eigenvalue weighted by atomic mass is 10.1. The van der Waals surface area contributed by atoms with Crippen LogP contribution in [0.2, 0.25) is 0 Å². The first-order chi connectivity index (χ1) is 6.03. The maximum atomic E-state index is 6.03. The van der Waals surface area contributed by atoms with E-state index < -0.39 is 0 Å². The highest BCUT2D eigenvalue weighted by Crippen LogP contribution is 2.27.